The van der Waals surface area contributed by atoms with Gasteiger partial charge in [-0.25, -0.2) is 4.39 Å². The SMILES string of the molecule is N#CCSc1nnc(N)n1CC(=O)Nc1ccccc1F. The number of aromatic nitrogens is 3. The van der Waals surface area contributed by atoms with Crippen LogP contribution in [0.4, 0.5) is 16.0 Å². The minimum Gasteiger partial charge on any atom is -0.368 e. The summed E-state index contributed by atoms with van der Waals surface area (Å²) in [5.74, 6) is -0.779. The summed E-state index contributed by atoms with van der Waals surface area (Å²) >= 11 is 1.11. The fraction of sp³-hybridized carbons (Fsp3) is 0.167. The number of anilines is 2. The number of benzene rings is 1. The van der Waals surface area contributed by atoms with Gasteiger partial charge in [0.1, 0.15) is 12.4 Å². The van der Waals surface area contributed by atoms with E-state index < -0.39 is 11.7 Å². The zero-order valence-electron chi connectivity index (χ0n) is 10.8. The molecule has 0 saturated heterocycles. The van der Waals surface area contributed by atoms with Crippen LogP contribution in [0.25, 0.3) is 0 Å². The lowest BCUT2D eigenvalue weighted by Gasteiger charge is -2.08. The van der Waals surface area contributed by atoms with Crippen molar-refractivity contribution in [3.8, 4) is 6.07 Å². The van der Waals surface area contributed by atoms with Gasteiger partial charge in [-0.15, -0.1) is 10.2 Å². The number of nitrogens with zero attached hydrogens (tertiary/aromatic N) is 4. The van der Waals surface area contributed by atoms with Gasteiger partial charge in [0.05, 0.1) is 17.5 Å². The van der Waals surface area contributed by atoms with Gasteiger partial charge in [0.15, 0.2) is 5.16 Å². The van der Waals surface area contributed by atoms with Crippen molar-refractivity contribution < 1.29 is 9.18 Å². The highest BCUT2D eigenvalue weighted by atomic mass is 32.2. The van der Waals surface area contributed by atoms with Crippen molar-refractivity contribution in [2.75, 3.05) is 16.8 Å². The topological polar surface area (TPSA) is 110 Å². The van der Waals surface area contributed by atoms with Crippen LogP contribution in [0.2, 0.25) is 0 Å². The summed E-state index contributed by atoms with van der Waals surface area (Å²) in [6.45, 7) is -0.166. The fourth-order valence-electron chi connectivity index (χ4n) is 1.55. The van der Waals surface area contributed by atoms with Crippen LogP contribution in [0.5, 0.6) is 0 Å². The molecule has 1 heterocycles. The third kappa shape index (κ3) is 3.70. The average Bonchev–Trinajstić information content (AvgIpc) is 2.80. The van der Waals surface area contributed by atoms with Crippen molar-refractivity contribution in [3.05, 3.63) is 30.1 Å². The highest BCUT2D eigenvalue weighted by Crippen LogP contribution is 2.18. The van der Waals surface area contributed by atoms with Crippen molar-refractivity contribution >= 4 is 29.3 Å². The molecular formula is C12H11FN6OS. The summed E-state index contributed by atoms with van der Waals surface area (Å²) in [4.78, 5) is 11.9. The minimum atomic E-state index is -0.526. The van der Waals surface area contributed by atoms with Crippen LogP contribution in [0.15, 0.2) is 29.4 Å². The summed E-state index contributed by atoms with van der Waals surface area (Å²) in [7, 11) is 0. The first kappa shape index (κ1) is 14.8. The molecule has 21 heavy (non-hydrogen) atoms. The van der Waals surface area contributed by atoms with Gasteiger partial charge >= 0.3 is 0 Å². The average molecular weight is 306 g/mol. The fourth-order valence-corrected chi connectivity index (χ4v) is 2.15. The molecule has 1 aromatic heterocycles. The number of hydrogen-bond acceptors (Lipinski definition) is 6. The first-order valence-corrected chi connectivity index (χ1v) is 6.83. The van der Waals surface area contributed by atoms with Gasteiger partial charge < -0.3 is 11.1 Å². The zero-order chi connectivity index (χ0) is 15.2. The Balaban J connectivity index is 2.08. The summed E-state index contributed by atoms with van der Waals surface area (Å²) in [6.07, 6.45) is 0. The van der Waals surface area contributed by atoms with E-state index in [-0.39, 0.29) is 23.9 Å². The van der Waals surface area contributed by atoms with Gasteiger partial charge in [0.2, 0.25) is 11.9 Å². The maximum atomic E-state index is 13.4. The van der Waals surface area contributed by atoms with Crippen LogP contribution in [-0.4, -0.2) is 26.4 Å². The first-order chi connectivity index (χ1) is 10.1. The highest BCUT2D eigenvalue weighted by Gasteiger charge is 2.14. The number of nitriles is 1. The first-order valence-electron chi connectivity index (χ1n) is 5.84. The van der Waals surface area contributed by atoms with Crippen LogP contribution in [0.1, 0.15) is 0 Å². The molecule has 0 unspecified atom stereocenters. The van der Waals surface area contributed by atoms with E-state index in [2.05, 4.69) is 15.5 Å². The number of rotatable bonds is 5. The molecule has 0 bridgehead atoms. The Morgan fingerprint density at radius 3 is 2.95 bits per heavy atom. The number of halogens is 1. The summed E-state index contributed by atoms with van der Waals surface area (Å²) in [5, 5.41) is 18.8. The number of carbonyl (C=O) groups is 1. The smallest absolute Gasteiger partial charge is 0.244 e. The second-order valence-corrected chi connectivity index (χ2v) is 4.84. The molecule has 1 amide bonds. The van der Waals surface area contributed by atoms with Crippen molar-refractivity contribution in [3.63, 3.8) is 0 Å². The highest BCUT2D eigenvalue weighted by molar-refractivity contribution is 7.99. The third-order valence-corrected chi connectivity index (χ3v) is 3.29. The molecular weight excluding hydrogens is 295 g/mol. The Kier molecular flexibility index (Phi) is 4.73. The van der Waals surface area contributed by atoms with E-state index in [1.165, 1.54) is 22.8 Å². The predicted octanol–water partition coefficient (Wildman–Crippen LogP) is 1.25. The Bertz CT molecular complexity index is 695. The normalized spacial score (nSPS) is 10.1. The monoisotopic (exact) mass is 306 g/mol. The zero-order valence-corrected chi connectivity index (χ0v) is 11.6. The molecule has 7 nitrogen and oxygen atoms in total. The van der Waals surface area contributed by atoms with E-state index in [1.807, 2.05) is 6.07 Å². The quantitative estimate of drug-likeness (QED) is 0.805. The van der Waals surface area contributed by atoms with Crippen molar-refractivity contribution in [1.29, 1.82) is 5.26 Å². The molecule has 0 radical (unpaired) electrons. The Morgan fingerprint density at radius 1 is 1.48 bits per heavy atom. The number of nitrogens with two attached hydrogens (primary N) is 1. The van der Waals surface area contributed by atoms with Crippen LogP contribution in [-0.2, 0) is 11.3 Å². The second-order valence-electron chi connectivity index (χ2n) is 3.90. The number of para-hydroxylation sites is 1. The number of carbonyl (C=O) groups excluding carboxylic acids is 1. The largest absolute Gasteiger partial charge is 0.368 e. The van der Waals surface area contributed by atoms with E-state index in [0.717, 1.165) is 11.8 Å². The Morgan fingerprint density at radius 2 is 2.24 bits per heavy atom. The van der Waals surface area contributed by atoms with E-state index in [9.17, 15) is 9.18 Å². The van der Waals surface area contributed by atoms with Crippen LogP contribution in [0.3, 0.4) is 0 Å². The molecule has 3 N–H and O–H groups in total. The lowest BCUT2D eigenvalue weighted by Crippen LogP contribution is -2.21. The molecule has 0 atom stereocenters. The van der Waals surface area contributed by atoms with Gasteiger partial charge in [-0.1, -0.05) is 23.9 Å². The molecule has 9 heteroatoms. The molecule has 2 aromatic rings. The molecule has 0 aliphatic carbocycles. The van der Waals surface area contributed by atoms with Gasteiger partial charge in [0, 0.05) is 0 Å². The third-order valence-electron chi connectivity index (χ3n) is 2.46. The van der Waals surface area contributed by atoms with E-state index >= 15 is 0 Å². The number of amides is 1. The number of thioether (sulfide) groups is 1. The molecule has 0 spiro atoms. The summed E-state index contributed by atoms with van der Waals surface area (Å²) in [5.41, 5.74) is 5.71. The molecule has 0 fully saturated rings. The van der Waals surface area contributed by atoms with E-state index in [4.69, 9.17) is 11.0 Å². The van der Waals surface area contributed by atoms with E-state index in [1.54, 1.807) is 6.07 Å². The lowest BCUT2D eigenvalue weighted by atomic mass is 10.3. The maximum Gasteiger partial charge on any atom is 0.244 e. The summed E-state index contributed by atoms with van der Waals surface area (Å²) < 4.78 is 14.8. The van der Waals surface area contributed by atoms with Gasteiger partial charge in [-0.05, 0) is 12.1 Å². The van der Waals surface area contributed by atoms with Crippen molar-refractivity contribution in [1.82, 2.24) is 14.8 Å². The number of hydrogen-bond donors (Lipinski definition) is 2. The lowest BCUT2D eigenvalue weighted by molar-refractivity contribution is -0.116. The molecule has 1 aromatic carbocycles. The Hall–Kier alpha value is -2.60. The number of nitrogen functional groups attached to an aromatic ring is 1. The van der Waals surface area contributed by atoms with Gasteiger partial charge in [0.25, 0.3) is 0 Å². The van der Waals surface area contributed by atoms with Crippen molar-refractivity contribution in [2.24, 2.45) is 0 Å². The van der Waals surface area contributed by atoms with Gasteiger partial charge in [-0.3, -0.25) is 9.36 Å². The van der Waals surface area contributed by atoms with Crippen LogP contribution in [0, 0.1) is 17.1 Å². The predicted molar refractivity (Wildman–Crippen MR) is 75.8 cm³/mol. The van der Waals surface area contributed by atoms with Crippen LogP contribution < -0.4 is 11.1 Å². The van der Waals surface area contributed by atoms with Gasteiger partial charge in [-0.2, -0.15) is 5.26 Å². The minimum absolute atomic E-state index is 0.0547. The molecule has 108 valence electrons. The summed E-state index contributed by atoms with van der Waals surface area (Å²) in [6, 6.07) is 7.78. The molecule has 0 aliphatic rings. The van der Waals surface area contributed by atoms with Crippen molar-refractivity contribution in [2.45, 2.75) is 11.7 Å². The maximum absolute atomic E-state index is 13.4. The van der Waals surface area contributed by atoms with E-state index in [0.29, 0.717) is 5.16 Å². The second kappa shape index (κ2) is 6.71. The standard InChI is InChI=1S/C12H11FN6OS/c13-8-3-1-2-4-9(8)16-10(20)7-19-11(15)17-18-12(19)21-6-5-14/h1-4H,6-7H2,(H2,15,17)(H,16,20). The Labute approximate surface area is 124 Å². The molecule has 2 rings (SSSR count). The van der Waals surface area contributed by atoms with Crippen LogP contribution >= 0.6 is 11.8 Å². The molecule has 0 aliphatic heterocycles. The number of nitrogens with one attached hydrogen (secondary N) is 1. The molecule has 0 saturated carbocycles.